The molecule has 1 aromatic rings. The molecular weight excluding hydrogens is 421 g/mol. The van der Waals surface area contributed by atoms with Crippen LogP contribution in [0.25, 0.3) is 0 Å². The number of likely N-dealkylation sites (N-methyl/N-ethyl adjacent to an activating group) is 1. The molecule has 1 aromatic heterocycles. The number of hydrogen-bond donors (Lipinski definition) is 2. The maximum absolute atomic E-state index is 11.6. The molecule has 2 N–H and O–H groups in total. The van der Waals surface area contributed by atoms with Crippen LogP contribution in [0.3, 0.4) is 0 Å². The van der Waals surface area contributed by atoms with Crippen LogP contribution in [-0.2, 0) is 11.3 Å². The van der Waals surface area contributed by atoms with E-state index in [0.29, 0.717) is 18.4 Å². The molecule has 0 aromatic carbocycles. The monoisotopic (exact) mass is 449 g/mol. The van der Waals surface area contributed by atoms with E-state index in [1.54, 1.807) is 20.3 Å². The van der Waals surface area contributed by atoms with Gasteiger partial charge >= 0.3 is 0 Å². The molecule has 0 bridgehead atoms. The molecule has 136 valence electrons. The van der Waals surface area contributed by atoms with Crippen molar-refractivity contribution in [3.05, 3.63) is 23.9 Å². The molecule has 0 atom stereocenters. The van der Waals surface area contributed by atoms with Gasteiger partial charge in [0, 0.05) is 32.9 Å². The van der Waals surface area contributed by atoms with Crippen molar-refractivity contribution in [2.45, 2.75) is 33.4 Å². The zero-order valence-corrected chi connectivity index (χ0v) is 17.3. The Morgan fingerprint density at radius 1 is 1.33 bits per heavy atom. The fraction of sp³-hybridized carbons (Fsp3) is 0.562. The number of guanidine groups is 1. The van der Waals surface area contributed by atoms with Gasteiger partial charge in [-0.3, -0.25) is 4.79 Å². The number of halogens is 1. The molecule has 0 spiro atoms. The third-order valence-corrected chi connectivity index (χ3v) is 2.82. The molecule has 0 fully saturated rings. The summed E-state index contributed by atoms with van der Waals surface area (Å²) in [5.41, 5.74) is 0.970. The quantitative estimate of drug-likeness (QED) is 0.376. The fourth-order valence-electron chi connectivity index (χ4n) is 1.65. The van der Waals surface area contributed by atoms with Crippen molar-refractivity contribution in [1.82, 2.24) is 20.5 Å². The van der Waals surface area contributed by atoms with Crippen molar-refractivity contribution in [2.75, 3.05) is 27.2 Å². The maximum Gasteiger partial charge on any atom is 0.241 e. The summed E-state index contributed by atoms with van der Waals surface area (Å²) in [4.78, 5) is 21.8. The molecule has 8 heteroatoms. The third kappa shape index (κ3) is 8.90. The molecule has 0 unspecified atom stereocenters. The SMILES string of the molecule is CCNC(=NCc1ccc(OC(C)C)nc1)NCC(=O)N(C)C.I. The highest BCUT2D eigenvalue weighted by molar-refractivity contribution is 14.0. The predicted molar refractivity (Wildman–Crippen MR) is 107 cm³/mol. The van der Waals surface area contributed by atoms with Gasteiger partial charge < -0.3 is 20.3 Å². The smallest absolute Gasteiger partial charge is 0.241 e. The van der Waals surface area contributed by atoms with Crippen LogP contribution in [0.1, 0.15) is 26.3 Å². The molecule has 0 saturated heterocycles. The first-order valence-corrected chi connectivity index (χ1v) is 7.76. The van der Waals surface area contributed by atoms with Gasteiger partial charge in [0.25, 0.3) is 0 Å². The van der Waals surface area contributed by atoms with Crippen molar-refractivity contribution >= 4 is 35.8 Å². The Morgan fingerprint density at radius 3 is 2.54 bits per heavy atom. The first-order chi connectivity index (χ1) is 10.9. The average molecular weight is 449 g/mol. The van der Waals surface area contributed by atoms with Crippen LogP contribution < -0.4 is 15.4 Å². The van der Waals surface area contributed by atoms with Crippen molar-refractivity contribution in [3.63, 3.8) is 0 Å². The highest BCUT2D eigenvalue weighted by Crippen LogP contribution is 2.10. The summed E-state index contributed by atoms with van der Waals surface area (Å²) >= 11 is 0. The number of aromatic nitrogens is 1. The van der Waals surface area contributed by atoms with E-state index in [1.807, 2.05) is 32.9 Å². The zero-order chi connectivity index (χ0) is 17.2. The lowest BCUT2D eigenvalue weighted by molar-refractivity contribution is -0.127. The summed E-state index contributed by atoms with van der Waals surface area (Å²) in [5.74, 6) is 1.20. The Balaban J connectivity index is 0.00000529. The first kappa shape index (κ1) is 22.4. The number of ether oxygens (including phenoxy) is 1. The van der Waals surface area contributed by atoms with E-state index >= 15 is 0 Å². The van der Waals surface area contributed by atoms with E-state index in [0.717, 1.165) is 12.1 Å². The van der Waals surface area contributed by atoms with Crippen LogP contribution in [0.4, 0.5) is 0 Å². The molecule has 0 saturated carbocycles. The summed E-state index contributed by atoms with van der Waals surface area (Å²) < 4.78 is 5.51. The van der Waals surface area contributed by atoms with Gasteiger partial charge in [0.2, 0.25) is 11.8 Å². The molecule has 0 aliphatic carbocycles. The normalized spacial score (nSPS) is 10.8. The number of nitrogens with one attached hydrogen (secondary N) is 2. The van der Waals surface area contributed by atoms with Crippen LogP contribution >= 0.6 is 24.0 Å². The van der Waals surface area contributed by atoms with Gasteiger partial charge in [-0.05, 0) is 26.3 Å². The van der Waals surface area contributed by atoms with E-state index in [9.17, 15) is 4.79 Å². The maximum atomic E-state index is 11.6. The van der Waals surface area contributed by atoms with Gasteiger partial charge in [0.05, 0.1) is 19.2 Å². The predicted octanol–water partition coefficient (Wildman–Crippen LogP) is 1.63. The van der Waals surface area contributed by atoms with Crippen LogP contribution in [0.2, 0.25) is 0 Å². The molecule has 1 rings (SSSR count). The van der Waals surface area contributed by atoms with Gasteiger partial charge in [-0.1, -0.05) is 6.07 Å². The number of hydrogen-bond acceptors (Lipinski definition) is 4. The van der Waals surface area contributed by atoms with E-state index in [2.05, 4.69) is 20.6 Å². The van der Waals surface area contributed by atoms with E-state index < -0.39 is 0 Å². The Morgan fingerprint density at radius 2 is 2.04 bits per heavy atom. The lowest BCUT2D eigenvalue weighted by Gasteiger charge is -2.14. The Labute approximate surface area is 161 Å². The largest absolute Gasteiger partial charge is 0.475 e. The molecule has 1 heterocycles. The minimum absolute atomic E-state index is 0. The van der Waals surface area contributed by atoms with Crippen molar-refractivity contribution in [3.8, 4) is 5.88 Å². The molecule has 7 nitrogen and oxygen atoms in total. The molecule has 0 aliphatic heterocycles. The van der Waals surface area contributed by atoms with Crippen molar-refractivity contribution < 1.29 is 9.53 Å². The van der Waals surface area contributed by atoms with Crippen LogP contribution in [0, 0.1) is 0 Å². The lowest BCUT2D eigenvalue weighted by Crippen LogP contribution is -2.42. The summed E-state index contributed by atoms with van der Waals surface area (Å²) in [6.07, 6.45) is 1.85. The van der Waals surface area contributed by atoms with Gasteiger partial charge in [-0.2, -0.15) is 0 Å². The van der Waals surface area contributed by atoms with Gasteiger partial charge in [0.1, 0.15) is 0 Å². The summed E-state index contributed by atoms with van der Waals surface area (Å²) in [5, 5.41) is 6.12. The second-order valence-electron chi connectivity index (χ2n) is 5.51. The highest BCUT2D eigenvalue weighted by Gasteiger charge is 2.05. The topological polar surface area (TPSA) is 78.9 Å². The van der Waals surface area contributed by atoms with Gasteiger partial charge in [-0.25, -0.2) is 9.98 Å². The summed E-state index contributed by atoms with van der Waals surface area (Å²) in [6.45, 7) is 7.30. The third-order valence-electron chi connectivity index (χ3n) is 2.82. The number of aliphatic imine (C=N–C) groups is 1. The number of nitrogens with zero attached hydrogens (tertiary/aromatic N) is 3. The van der Waals surface area contributed by atoms with Crippen molar-refractivity contribution in [1.29, 1.82) is 0 Å². The molecule has 0 aliphatic rings. The van der Waals surface area contributed by atoms with E-state index in [-0.39, 0.29) is 42.5 Å². The number of carbonyl (C=O) groups is 1. The van der Waals surface area contributed by atoms with Crippen LogP contribution in [0.5, 0.6) is 5.88 Å². The minimum Gasteiger partial charge on any atom is -0.475 e. The molecular formula is C16H28IN5O2. The Bertz CT molecular complexity index is 518. The number of amides is 1. The molecule has 1 amide bonds. The molecule has 24 heavy (non-hydrogen) atoms. The minimum atomic E-state index is -0.00698. The van der Waals surface area contributed by atoms with E-state index in [1.165, 1.54) is 4.90 Å². The van der Waals surface area contributed by atoms with Crippen molar-refractivity contribution in [2.24, 2.45) is 4.99 Å². The van der Waals surface area contributed by atoms with Crippen LogP contribution in [-0.4, -0.2) is 55.0 Å². The highest BCUT2D eigenvalue weighted by atomic mass is 127. The summed E-state index contributed by atoms with van der Waals surface area (Å²) in [7, 11) is 3.45. The molecule has 0 radical (unpaired) electrons. The average Bonchev–Trinajstić information content (AvgIpc) is 2.50. The van der Waals surface area contributed by atoms with E-state index in [4.69, 9.17) is 4.74 Å². The number of rotatable bonds is 7. The Hall–Kier alpha value is -1.58. The second kappa shape index (κ2) is 11.9. The summed E-state index contributed by atoms with van der Waals surface area (Å²) in [6, 6.07) is 3.77. The lowest BCUT2D eigenvalue weighted by atomic mass is 10.3. The first-order valence-electron chi connectivity index (χ1n) is 7.76. The number of pyridine rings is 1. The second-order valence-corrected chi connectivity index (χ2v) is 5.51. The fourth-order valence-corrected chi connectivity index (χ4v) is 1.65. The number of carbonyl (C=O) groups excluding carboxylic acids is 1. The zero-order valence-electron chi connectivity index (χ0n) is 15.0. The van der Waals surface area contributed by atoms with Gasteiger partial charge in [-0.15, -0.1) is 24.0 Å². The van der Waals surface area contributed by atoms with Crippen LogP contribution in [0.15, 0.2) is 23.3 Å². The standard InChI is InChI=1S/C16H27N5O2.HI/c1-6-17-16(20-11-15(22)21(4)5)19-10-13-7-8-14(18-9-13)23-12(2)3;/h7-9,12H,6,10-11H2,1-5H3,(H2,17,19,20);1H. The van der Waals surface area contributed by atoms with Gasteiger partial charge in [0.15, 0.2) is 5.96 Å². The Kier molecular flexibility index (Phi) is 11.1.